The summed E-state index contributed by atoms with van der Waals surface area (Å²) in [5, 5.41) is 15.4. The summed E-state index contributed by atoms with van der Waals surface area (Å²) in [6, 6.07) is 9.28. The van der Waals surface area contributed by atoms with Crippen LogP contribution in [-0.2, 0) is 6.42 Å². The molecule has 0 amide bonds. The van der Waals surface area contributed by atoms with Crippen molar-refractivity contribution >= 4 is 17.2 Å². The van der Waals surface area contributed by atoms with Crippen molar-refractivity contribution in [2.75, 3.05) is 0 Å². The zero-order valence-corrected chi connectivity index (χ0v) is 12.0. The zero-order chi connectivity index (χ0) is 14.3. The Hall–Kier alpha value is -2.07. The molecule has 0 saturated carbocycles. The fourth-order valence-electron chi connectivity index (χ4n) is 2.31. The predicted octanol–water partition coefficient (Wildman–Crippen LogP) is 3.63. The van der Waals surface area contributed by atoms with Gasteiger partial charge in [0.1, 0.15) is 0 Å². The predicted molar refractivity (Wildman–Crippen MR) is 79.2 cm³/mol. The molecule has 1 N–H and O–H groups in total. The molecule has 4 nitrogen and oxygen atoms in total. The van der Waals surface area contributed by atoms with Gasteiger partial charge in [-0.15, -0.1) is 0 Å². The first-order chi connectivity index (χ1) is 9.60. The van der Waals surface area contributed by atoms with Crippen LogP contribution in [0.3, 0.4) is 0 Å². The molecule has 0 aliphatic rings. The average molecular weight is 288 g/mol. The summed E-state index contributed by atoms with van der Waals surface area (Å²) in [5.41, 5.74) is 4.00. The summed E-state index contributed by atoms with van der Waals surface area (Å²) in [5.74, 6) is 0.162. The molecule has 2 aromatic heterocycles. The fraction of sp³-hybridized carbons (Fsp3) is 0.200. The van der Waals surface area contributed by atoms with Crippen LogP contribution < -0.4 is 0 Å². The summed E-state index contributed by atoms with van der Waals surface area (Å²) in [7, 11) is 0. The molecule has 3 aromatic rings. The number of aromatic nitrogens is 3. The third kappa shape index (κ3) is 2.02. The van der Waals surface area contributed by atoms with Gasteiger partial charge in [0, 0.05) is 27.9 Å². The minimum atomic E-state index is 0.162. The summed E-state index contributed by atoms with van der Waals surface area (Å²) in [6.07, 6.45) is 0.719. The van der Waals surface area contributed by atoms with Gasteiger partial charge >= 0.3 is 0 Å². The van der Waals surface area contributed by atoms with E-state index in [4.69, 9.17) is 11.6 Å². The van der Waals surface area contributed by atoms with Crippen LogP contribution >= 0.6 is 11.6 Å². The lowest BCUT2D eigenvalue weighted by atomic mass is 10.1. The Kier molecular flexibility index (Phi) is 3.10. The smallest absolute Gasteiger partial charge is 0.219 e. The molecule has 1 aromatic carbocycles. The van der Waals surface area contributed by atoms with Crippen molar-refractivity contribution in [1.29, 1.82) is 0 Å². The van der Waals surface area contributed by atoms with Crippen LogP contribution in [0.25, 0.3) is 16.9 Å². The largest absolute Gasteiger partial charge is 0.493 e. The number of aryl methyl sites for hydroxylation is 1. The maximum atomic E-state index is 10.3. The Morgan fingerprint density at radius 2 is 1.95 bits per heavy atom. The highest BCUT2D eigenvalue weighted by molar-refractivity contribution is 6.30. The molecule has 0 radical (unpaired) electrons. The Labute approximate surface area is 121 Å². The van der Waals surface area contributed by atoms with Crippen molar-refractivity contribution in [3.63, 3.8) is 0 Å². The van der Waals surface area contributed by atoms with E-state index in [0.717, 1.165) is 28.9 Å². The third-order valence-corrected chi connectivity index (χ3v) is 3.63. The summed E-state index contributed by atoms with van der Waals surface area (Å²) in [4.78, 5) is 4.49. The number of benzene rings is 1. The van der Waals surface area contributed by atoms with Gasteiger partial charge in [0.2, 0.25) is 5.88 Å². The first-order valence-electron chi connectivity index (χ1n) is 6.44. The number of fused-ring (bicyclic) bond motifs is 1. The average Bonchev–Trinajstić information content (AvgIpc) is 2.84. The maximum absolute atomic E-state index is 10.3. The standard InChI is InChI=1S/C15H14ClN3O/c1-3-12-9(2)17-14-8-13(18-19(14)15(12)20)10-4-6-11(16)7-5-10/h4-8,20H,3H2,1-2H3. The molecular formula is C15H14ClN3O. The molecule has 0 aliphatic carbocycles. The first-order valence-corrected chi connectivity index (χ1v) is 6.82. The van der Waals surface area contributed by atoms with Gasteiger partial charge in [-0.1, -0.05) is 30.7 Å². The molecule has 0 fully saturated rings. The minimum Gasteiger partial charge on any atom is -0.493 e. The highest BCUT2D eigenvalue weighted by Crippen LogP contribution is 2.26. The Morgan fingerprint density at radius 3 is 2.60 bits per heavy atom. The van der Waals surface area contributed by atoms with E-state index in [1.54, 1.807) is 0 Å². The number of aromatic hydroxyl groups is 1. The van der Waals surface area contributed by atoms with Crippen molar-refractivity contribution in [2.45, 2.75) is 20.3 Å². The first kappa shape index (κ1) is 12.9. The van der Waals surface area contributed by atoms with Crippen molar-refractivity contribution in [3.05, 3.63) is 46.6 Å². The van der Waals surface area contributed by atoms with Crippen LogP contribution in [-0.4, -0.2) is 19.7 Å². The van der Waals surface area contributed by atoms with Gasteiger partial charge in [0.25, 0.3) is 0 Å². The normalized spacial score (nSPS) is 11.2. The van der Waals surface area contributed by atoms with E-state index >= 15 is 0 Å². The summed E-state index contributed by atoms with van der Waals surface area (Å²) >= 11 is 5.89. The van der Waals surface area contributed by atoms with Crippen LogP contribution in [0.4, 0.5) is 0 Å². The lowest BCUT2D eigenvalue weighted by Gasteiger charge is -2.06. The van der Waals surface area contributed by atoms with Crippen molar-refractivity contribution < 1.29 is 5.11 Å². The van der Waals surface area contributed by atoms with Crippen LogP contribution in [0.15, 0.2) is 30.3 Å². The van der Waals surface area contributed by atoms with Gasteiger partial charge < -0.3 is 5.11 Å². The molecule has 5 heteroatoms. The number of hydrogen-bond acceptors (Lipinski definition) is 3. The van der Waals surface area contributed by atoms with Crippen molar-refractivity contribution in [3.8, 4) is 17.1 Å². The van der Waals surface area contributed by atoms with Crippen LogP contribution in [0.5, 0.6) is 5.88 Å². The van der Waals surface area contributed by atoms with Crippen LogP contribution in [0.2, 0.25) is 5.02 Å². The zero-order valence-electron chi connectivity index (χ0n) is 11.3. The molecule has 0 bridgehead atoms. The molecule has 0 atom stereocenters. The molecule has 20 heavy (non-hydrogen) atoms. The number of halogens is 1. The lowest BCUT2D eigenvalue weighted by Crippen LogP contribution is -2.00. The molecule has 0 unspecified atom stereocenters. The van der Waals surface area contributed by atoms with Gasteiger partial charge in [-0.3, -0.25) is 0 Å². The van der Waals surface area contributed by atoms with Crippen LogP contribution in [0.1, 0.15) is 18.2 Å². The van der Waals surface area contributed by atoms with E-state index in [1.165, 1.54) is 4.52 Å². The van der Waals surface area contributed by atoms with Gasteiger partial charge in [-0.05, 0) is 25.5 Å². The molecular weight excluding hydrogens is 274 g/mol. The van der Waals surface area contributed by atoms with E-state index < -0.39 is 0 Å². The second kappa shape index (κ2) is 4.80. The third-order valence-electron chi connectivity index (χ3n) is 3.37. The minimum absolute atomic E-state index is 0.162. The van der Waals surface area contributed by atoms with Crippen LogP contribution in [0, 0.1) is 6.92 Å². The van der Waals surface area contributed by atoms with Gasteiger partial charge in [0.05, 0.1) is 5.69 Å². The quantitative estimate of drug-likeness (QED) is 0.783. The highest BCUT2D eigenvalue weighted by atomic mass is 35.5. The number of hydrogen-bond donors (Lipinski definition) is 1. The van der Waals surface area contributed by atoms with Crippen molar-refractivity contribution in [1.82, 2.24) is 14.6 Å². The SMILES string of the molecule is CCc1c(C)nc2cc(-c3ccc(Cl)cc3)nn2c1O. The number of rotatable bonds is 2. The lowest BCUT2D eigenvalue weighted by molar-refractivity contribution is 0.427. The Balaban J connectivity index is 2.20. The van der Waals surface area contributed by atoms with E-state index in [1.807, 2.05) is 44.2 Å². The number of nitrogens with zero attached hydrogens (tertiary/aromatic N) is 3. The molecule has 0 spiro atoms. The van der Waals surface area contributed by atoms with Gasteiger partial charge in [0.15, 0.2) is 5.65 Å². The summed E-state index contributed by atoms with van der Waals surface area (Å²) < 4.78 is 1.48. The van der Waals surface area contributed by atoms with Crippen molar-refractivity contribution in [2.24, 2.45) is 0 Å². The van der Waals surface area contributed by atoms with Gasteiger partial charge in [-0.25, -0.2) is 4.98 Å². The monoisotopic (exact) mass is 287 g/mol. The van der Waals surface area contributed by atoms with E-state index in [9.17, 15) is 5.11 Å². The second-order valence-corrected chi connectivity index (χ2v) is 5.10. The molecule has 0 aliphatic heterocycles. The fourth-order valence-corrected chi connectivity index (χ4v) is 2.44. The topological polar surface area (TPSA) is 50.4 Å². The van der Waals surface area contributed by atoms with E-state index in [-0.39, 0.29) is 5.88 Å². The summed E-state index contributed by atoms with van der Waals surface area (Å²) in [6.45, 7) is 3.88. The molecule has 3 rings (SSSR count). The van der Waals surface area contributed by atoms with E-state index in [0.29, 0.717) is 10.7 Å². The van der Waals surface area contributed by atoms with E-state index in [2.05, 4.69) is 10.1 Å². The molecule has 2 heterocycles. The Bertz CT molecular complexity index is 778. The second-order valence-electron chi connectivity index (χ2n) is 4.66. The van der Waals surface area contributed by atoms with Gasteiger partial charge in [-0.2, -0.15) is 9.61 Å². The highest BCUT2D eigenvalue weighted by Gasteiger charge is 2.13. The molecule has 0 saturated heterocycles. The Morgan fingerprint density at radius 1 is 1.25 bits per heavy atom. The maximum Gasteiger partial charge on any atom is 0.219 e. The molecule has 102 valence electrons.